The topological polar surface area (TPSA) is 26.3 Å². The fraction of sp³-hybridized carbons (Fsp3) is 0.0566. The summed E-state index contributed by atoms with van der Waals surface area (Å²) in [5, 5.41) is 9.43. The van der Waals surface area contributed by atoms with Crippen molar-refractivity contribution in [2.24, 2.45) is 0 Å². The van der Waals surface area contributed by atoms with Gasteiger partial charge in [0.25, 0.3) is 0 Å². The summed E-state index contributed by atoms with van der Waals surface area (Å²) in [4.78, 5) is 0. The second-order valence-corrected chi connectivity index (χ2v) is 15.6. The Balaban J connectivity index is 1.07. The molecule has 55 heavy (non-hydrogen) atoms. The maximum atomic E-state index is 6.66. The van der Waals surface area contributed by atoms with Crippen molar-refractivity contribution in [3.05, 3.63) is 181 Å². The van der Waals surface area contributed by atoms with Gasteiger partial charge in [0.15, 0.2) is 0 Å². The average molecular weight is 703 g/mol. The standard InChI is InChI=1S/C53H34O2/c1-53(2)43-27-25-32(41-30-47-51(40-21-11-12-22-45(40)54-47)52-50(41)39-20-10-13-23-46(39)55-52)28-42(43)34-26-24-33(29-44(34)53)49-37-18-8-6-16-35(37)48(31-14-4-3-5-15-31)36-17-7-9-19-38(36)49/h3-30H,1-2H3. The lowest BCUT2D eigenvalue weighted by Gasteiger charge is -2.23. The molecule has 0 fully saturated rings. The lowest BCUT2D eigenvalue weighted by atomic mass is 9.80. The van der Waals surface area contributed by atoms with Crippen LogP contribution >= 0.6 is 0 Å². The predicted octanol–water partition coefficient (Wildman–Crippen LogP) is 15.1. The molecule has 0 bridgehead atoms. The molecular formula is C53H34O2. The van der Waals surface area contributed by atoms with E-state index < -0.39 is 0 Å². The van der Waals surface area contributed by atoms with Crippen LogP contribution < -0.4 is 0 Å². The Hall–Kier alpha value is -6.90. The number of furan rings is 2. The highest BCUT2D eigenvalue weighted by atomic mass is 16.3. The molecule has 0 amide bonds. The first kappa shape index (κ1) is 30.6. The number of benzene rings is 9. The second kappa shape index (κ2) is 11.1. The third kappa shape index (κ3) is 4.20. The molecule has 0 N–H and O–H groups in total. The first-order chi connectivity index (χ1) is 27.0. The third-order valence-electron chi connectivity index (χ3n) is 12.3. The van der Waals surface area contributed by atoms with E-state index in [1.54, 1.807) is 0 Å². The van der Waals surface area contributed by atoms with E-state index in [9.17, 15) is 0 Å². The molecule has 2 heterocycles. The molecule has 0 aliphatic heterocycles. The van der Waals surface area contributed by atoms with Crippen molar-refractivity contribution < 1.29 is 8.83 Å². The van der Waals surface area contributed by atoms with Gasteiger partial charge in [0.2, 0.25) is 0 Å². The van der Waals surface area contributed by atoms with Crippen LogP contribution in [0.5, 0.6) is 0 Å². The van der Waals surface area contributed by atoms with Crippen molar-refractivity contribution in [1.29, 1.82) is 0 Å². The van der Waals surface area contributed by atoms with Gasteiger partial charge in [0.1, 0.15) is 22.3 Å². The molecule has 2 aromatic heterocycles. The fourth-order valence-electron chi connectivity index (χ4n) is 9.75. The number of hydrogen-bond donors (Lipinski definition) is 0. The molecule has 2 heteroatoms. The molecule has 9 aromatic carbocycles. The molecule has 0 radical (unpaired) electrons. The monoisotopic (exact) mass is 702 g/mol. The van der Waals surface area contributed by atoms with Crippen molar-refractivity contribution in [3.8, 4) is 44.5 Å². The molecule has 1 aliphatic rings. The minimum Gasteiger partial charge on any atom is -0.456 e. The van der Waals surface area contributed by atoms with Gasteiger partial charge in [-0.25, -0.2) is 0 Å². The third-order valence-corrected chi connectivity index (χ3v) is 12.3. The van der Waals surface area contributed by atoms with Crippen molar-refractivity contribution >= 4 is 65.4 Å². The predicted molar refractivity (Wildman–Crippen MR) is 230 cm³/mol. The largest absolute Gasteiger partial charge is 0.456 e. The van der Waals surface area contributed by atoms with Gasteiger partial charge in [-0.1, -0.05) is 153 Å². The van der Waals surface area contributed by atoms with E-state index in [2.05, 4.69) is 166 Å². The van der Waals surface area contributed by atoms with E-state index in [1.807, 2.05) is 18.2 Å². The van der Waals surface area contributed by atoms with Gasteiger partial charge in [-0.2, -0.15) is 0 Å². The van der Waals surface area contributed by atoms with Crippen LogP contribution in [0.4, 0.5) is 0 Å². The number of fused-ring (bicyclic) bond motifs is 12. The fourth-order valence-corrected chi connectivity index (χ4v) is 9.75. The quantitative estimate of drug-likeness (QED) is 0.171. The maximum Gasteiger partial charge on any atom is 0.147 e. The van der Waals surface area contributed by atoms with Crippen LogP contribution in [0.15, 0.2) is 179 Å². The molecule has 258 valence electrons. The van der Waals surface area contributed by atoms with Gasteiger partial charge in [0.05, 0.1) is 5.39 Å². The Labute approximate surface area is 317 Å². The molecule has 0 saturated heterocycles. The minimum atomic E-state index is -0.185. The normalized spacial score (nSPS) is 13.4. The van der Waals surface area contributed by atoms with Gasteiger partial charge in [-0.05, 0) is 108 Å². The summed E-state index contributed by atoms with van der Waals surface area (Å²) in [5.41, 5.74) is 15.9. The van der Waals surface area contributed by atoms with E-state index in [0.29, 0.717) is 0 Å². The SMILES string of the molecule is CC1(C)c2ccc(-c3cc4oc5ccccc5c4c4oc5ccccc5c34)cc2-c2ccc(-c3c4ccccc4c(-c4ccccc4)c4ccccc34)cc21. The van der Waals surface area contributed by atoms with Crippen LogP contribution in [0.2, 0.25) is 0 Å². The molecular weight excluding hydrogens is 669 g/mol. The highest BCUT2D eigenvalue weighted by molar-refractivity contribution is 6.26. The van der Waals surface area contributed by atoms with Crippen LogP contribution in [0.3, 0.4) is 0 Å². The summed E-state index contributed by atoms with van der Waals surface area (Å²) in [6, 6.07) is 61.7. The highest BCUT2D eigenvalue weighted by Crippen LogP contribution is 2.53. The van der Waals surface area contributed by atoms with Crippen LogP contribution in [-0.4, -0.2) is 0 Å². The summed E-state index contributed by atoms with van der Waals surface area (Å²) in [6.45, 7) is 4.75. The van der Waals surface area contributed by atoms with E-state index >= 15 is 0 Å². The van der Waals surface area contributed by atoms with Gasteiger partial charge >= 0.3 is 0 Å². The molecule has 2 nitrogen and oxygen atoms in total. The summed E-state index contributed by atoms with van der Waals surface area (Å²) in [5.74, 6) is 0. The Bertz CT molecular complexity index is 3340. The zero-order valence-electron chi connectivity index (χ0n) is 30.5. The Morgan fingerprint density at radius 1 is 0.345 bits per heavy atom. The molecule has 12 rings (SSSR count). The van der Waals surface area contributed by atoms with Gasteiger partial charge in [-0.3, -0.25) is 0 Å². The van der Waals surface area contributed by atoms with Crippen molar-refractivity contribution in [2.75, 3.05) is 0 Å². The van der Waals surface area contributed by atoms with Crippen LogP contribution in [0.1, 0.15) is 25.0 Å². The van der Waals surface area contributed by atoms with Crippen LogP contribution in [0.25, 0.3) is 110 Å². The Morgan fingerprint density at radius 3 is 1.56 bits per heavy atom. The minimum absolute atomic E-state index is 0.185. The molecule has 0 atom stereocenters. The summed E-state index contributed by atoms with van der Waals surface area (Å²) in [7, 11) is 0. The lowest BCUT2D eigenvalue weighted by Crippen LogP contribution is -2.15. The van der Waals surface area contributed by atoms with E-state index in [0.717, 1.165) is 55.0 Å². The molecule has 0 saturated carbocycles. The van der Waals surface area contributed by atoms with E-state index in [4.69, 9.17) is 8.83 Å². The lowest BCUT2D eigenvalue weighted by molar-refractivity contribution is 0.660. The average Bonchev–Trinajstić information content (AvgIpc) is 3.87. The smallest absolute Gasteiger partial charge is 0.147 e. The maximum absolute atomic E-state index is 6.66. The van der Waals surface area contributed by atoms with Crippen molar-refractivity contribution in [2.45, 2.75) is 19.3 Å². The highest BCUT2D eigenvalue weighted by Gasteiger charge is 2.36. The summed E-state index contributed by atoms with van der Waals surface area (Å²) < 4.78 is 13.2. The van der Waals surface area contributed by atoms with Gasteiger partial charge in [0, 0.05) is 21.6 Å². The first-order valence-electron chi connectivity index (χ1n) is 19.1. The van der Waals surface area contributed by atoms with Crippen LogP contribution in [-0.2, 0) is 5.41 Å². The van der Waals surface area contributed by atoms with Crippen LogP contribution in [0, 0.1) is 0 Å². The zero-order valence-corrected chi connectivity index (χ0v) is 30.5. The Morgan fingerprint density at radius 2 is 0.891 bits per heavy atom. The van der Waals surface area contributed by atoms with Gasteiger partial charge < -0.3 is 8.83 Å². The molecule has 11 aromatic rings. The number of para-hydroxylation sites is 2. The van der Waals surface area contributed by atoms with E-state index in [1.165, 1.54) is 66.1 Å². The molecule has 0 spiro atoms. The summed E-state index contributed by atoms with van der Waals surface area (Å²) in [6.07, 6.45) is 0. The Kier molecular flexibility index (Phi) is 6.15. The number of rotatable bonds is 3. The molecule has 0 unspecified atom stereocenters. The molecule has 1 aliphatic carbocycles. The summed E-state index contributed by atoms with van der Waals surface area (Å²) >= 11 is 0. The zero-order chi connectivity index (χ0) is 36.4. The van der Waals surface area contributed by atoms with Crippen molar-refractivity contribution in [1.82, 2.24) is 0 Å². The number of hydrogen-bond acceptors (Lipinski definition) is 2. The first-order valence-corrected chi connectivity index (χ1v) is 19.1. The second-order valence-electron chi connectivity index (χ2n) is 15.6. The van der Waals surface area contributed by atoms with Gasteiger partial charge in [-0.15, -0.1) is 0 Å². The van der Waals surface area contributed by atoms with E-state index in [-0.39, 0.29) is 5.41 Å². The van der Waals surface area contributed by atoms with Crippen molar-refractivity contribution in [3.63, 3.8) is 0 Å².